The summed E-state index contributed by atoms with van der Waals surface area (Å²) in [6.45, 7) is 0.465. The average Bonchev–Trinajstić information content (AvgIpc) is 2.81. The van der Waals surface area contributed by atoms with Gasteiger partial charge in [0, 0.05) is 14.4 Å². The lowest BCUT2D eigenvalue weighted by molar-refractivity contribution is 0.0948. The van der Waals surface area contributed by atoms with E-state index in [4.69, 9.17) is 16.3 Å². The zero-order valence-corrected chi connectivity index (χ0v) is 13.2. The summed E-state index contributed by atoms with van der Waals surface area (Å²) >= 11 is 10.9. The molecule has 0 saturated carbocycles. The SMILES string of the molecule is COc1ccc(Cl)cc1C(=O)NCc1sccc1Br. The lowest BCUT2D eigenvalue weighted by Gasteiger charge is -2.09. The van der Waals surface area contributed by atoms with E-state index in [-0.39, 0.29) is 5.91 Å². The quantitative estimate of drug-likeness (QED) is 0.891. The molecule has 1 heterocycles. The van der Waals surface area contributed by atoms with Gasteiger partial charge in [-0.05, 0) is 45.6 Å². The highest BCUT2D eigenvalue weighted by molar-refractivity contribution is 9.10. The van der Waals surface area contributed by atoms with Gasteiger partial charge in [0.15, 0.2) is 0 Å². The molecule has 6 heteroatoms. The van der Waals surface area contributed by atoms with Gasteiger partial charge in [-0.2, -0.15) is 0 Å². The first-order valence-corrected chi connectivity index (χ1v) is 7.50. The van der Waals surface area contributed by atoms with Crippen LogP contribution in [0.1, 0.15) is 15.2 Å². The Labute approximate surface area is 128 Å². The summed E-state index contributed by atoms with van der Waals surface area (Å²) in [6, 6.07) is 6.91. The predicted octanol–water partition coefficient (Wildman–Crippen LogP) is 4.10. The van der Waals surface area contributed by atoms with Crippen LogP contribution < -0.4 is 10.1 Å². The first-order valence-electron chi connectivity index (χ1n) is 5.45. The van der Waals surface area contributed by atoms with E-state index in [2.05, 4.69) is 21.2 Å². The summed E-state index contributed by atoms with van der Waals surface area (Å²) in [6.07, 6.45) is 0. The summed E-state index contributed by atoms with van der Waals surface area (Å²) < 4.78 is 6.15. The Morgan fingerprint density at radius 3 is 2.89 bits per heavy atom. The van der Waals surface area contributed by atoms with E-state index in [0.29, 0.717) is 22.9 Å². The first kappa shape index (κ1) is 14.4. The van der Waals surface area contributed by atoms with Crippen LogP contribution in [-0.4, -0.2) is 13.0 Å². The van der Waals surface area contributed by atoms with Crippen molar-refractivity contribution in [2.45, 2.75) is 6.54 Å². The highest BCUT2D eigenvalue weighted by Gasteiger charge is 2.13. The molecule has 1 aromatic carbocycles. The third kappa shape index (κ3) is 3.49. The standard InChI is InChI=1S/C13H11BrClNO2S/c1-18-11-3-2-8(15)6-9(11)13(17)16-7-12-10(14)4-5-19-12/h2-6H,7H2,1H3,(H,16,17). The zero-order chi connectivity index (χ0) is 13.8. The molecule has 19 heavy (non-hydrogen) atoms. The van der Waals surface area contributed by atoms with Gasteiger partial charge in [0.2, 0.25) is 0 Å². The Balaban J connectivity index is 2.12. The molecule has 0 aliphatic heterocycles. The number of ether oxygens (including phenoxy) is 1. The number of carbonyl (C=O) groups excluding carboxylic acids is 1. The molecule has 0 aliphatic carbocycles. The van der Waals surface area contributed by atoms with Crippen LogP contribution >= 0.6 is 38.9 Å². The summed E-state index contributed by atoms with van der Waals surface area (Å²) in [5.41, 5.74) is 0.433. The maximum Gasteiger partial charge on any atom is 0.255 e. The molecule has 0 radical (unpaired) electrons. The molecule has 0 aliphatic rings. The molecule has 1 aromatic heterocycles. The number of nitrogens with one attached hydrogen (secondary N) is 1. The fourth-order valence-corrected chi connectivity index (χ4v) is 3.17. The number of thiophene rings is 1. The van der Waals surface area contributed by atoms with Gasteiger partial charge in [0.25, 0.3) is 5.91 Å². The van der Waals surface area contributed by atoms with Crippen molar-refractivity contribution in [3.05, 3.63) is 49.6 Å². The lowest BCUT2D eigenvalue weighted by Crippen LogP contribution is -2.23. The molecule has 3 nitrogen and oxygen atoms in total. The van der Waals surface area contributed by atoms with Gasteiger partial charge in [0.05, 0.1) is 19.2 Å². The van der Waals surface area contributed by atoms with Gasteiger partial charge < -0.3 is 10.1 Å². The van der Waals surface area contributed by atoms with Crippen LogP contribution in [0.25, 0.3) is 0 Å². The fraction of sp³-hybridized carbons (Fsp3) is 0.154. The molecule has 1 N–H and O–H groups in total. The Hall–Kier alpha value is -1.04. The number of rotatable bonds is 4. The van der Waals surface area contributed by atoms with Crippen molar-refractivity contribution >= 4 is 44.8 Å². The zero-order valence-electron chi connectivity index (χ0n) is 10.1. The second kappa shape index (κ2) is 6.41. The Morgan fingerprint density at radius 1 is 1.47 bits per heavy atom. The van der Waals surface area contributed by atoms with Crippen molar-refractivity contribution in [1.82, 2.24) is 5.32 Å². The topological polar surface area (TPSA) is 38.3 Å². The van der Waals surface area contributed by atoms with Crippen LogP contribution in [0.15, 0.2) is 34.1 Å². The molecule has 0 atom stereocenters. The van der Waals surface area contributed by atoms with Crippen molar-refractivity contribution in [1.29, 1.82) is 0 Å². The van der Waals surface area contributed by atoms with Crippen LogP contribution in [0.2, 0.25) is 5.02 Å². The van der Waals surface area contributed by atoms with Crippen LogP contribution in [0, 0.1) is 0 Å². The number of amides is 1. The minimum atomic E-state index is -0.209. The van der Waals surface area contributed by atoms with Gasteiger partial charge in [-0.3, -0.25) is 4.79 Å². The third-order valence-corrected chi connectivity index (χ3v) is 4.67. The number of methoxy groups -OCH3 is 1. The summed E-state index contributed by atoms with van der Waals surface area (Å²) in [5.74, 6) is 0.298. The number of benzene rings is 1. The highest BCUT2D eigenvalue weighted by atomic mass is 79.9. The van der Waals surface area contributed by atoms with E-state index in [1.807, 2.05) is 11.4 Å². The average molecular weight is 361 g/mol. The summed E-state index contributed by atoms with van der Waals surface area (Å²) in [7, 11) is 1.52. The van der Waals surface area contributed by atoms with Gasteiger partial charge in [0.1, 0.15) is 5.75 Å². The van der Waals surface area contributed by atoms with Crippen molar-refractivity contribution in [3.8, 4) is 5.75 Å². The summed E-state index contributed by atoms with van der Waals surface area (Å²) in [4.78, 5) is 13.2. The third-order valence-electron chi connectivity index (χ3n) is 2.51. The molecule has 0 saturated heterocycles. The van der Waals surface area contributed by atoms with E-state index >= 15 is 0 Å². The first-order chi connectivity index (χ1) is 9.11. The molecule has 100 valence electrons. The normalized spacial score (nSPS) is 10.3. The second-order valence-electron chi connectivity index (χ2n) is 3.72. The summed E-state index contributed by atoms with van der Waals surface area (Å²) in [5, 5.41) is 5.31. The number of carbonyl (C=O) groups is 1. The molecule has 0 unspecified atom stereocenters. The molecule has 0 spiro atoms. The van der Waals surface area contributed by atoms with E-state index < -0.39 is 0 Å². The van der Waals surface area contributed by atoms with Crippen LogP contribution in [0.3, 0.4) is 0 Å². The molecule has 2 rings (SSSR count). The van der Waals surface area contributed by atoms with Crippen LogP contribution in [0.4, 0.5) is 0 Å². The van der Waals surface area contributed by atoms with Crippen molar-refractivity contribution < 1.29 is 9.53 Å². The molecular weight excluding hydrogens is 350 g/mol. The van der Waals surface area contributed by atoms with E-state index in [1.54, 1.807) is 29.5 Å². The minimum Gasteiger partial charge on any atom is -0.496 e. The Bertz CT molecular complexity index is 600. The predicted molar refractivity (Wildman–Crippen MR) is 81.2 cm³/mol. The number of hydrogen-bond donors (Lipinski definition) is 1. The highest BCUT2D eigenvalue weighted by Crippen LogP contribution is 2.24. The smallest absolute Gasteiger partial charge is 0.255 e. The van der Waals surface area contributed by atoms with Crippen molar-refractivity contribution in [2.24, 2.45) is 0 Å². The van der Waals surface area contributed by atoms with Crippen molar-refractivity contribution in [2.75, 3.05) is 7.11 Å². The fourth-order valence-electron chi connectivity index (χ4n) is 1.56. The van der Waals surface area contributed by atoms with E-state index in [9.17, 15) is 4.79 Å². The van der Waals surface area contributed by atoms with Crippen LogP contribution in [0.5, 0.6) is 5.75 Å². The molecular formula is C13H11BrClNO2S. The second-order valence-corrected chi connectivity index (χ2v) is 6.01. The van der Waals surface area contributed by atoms with Crippen molar-refractivity contribution in [3.63, 3.8) is 0 Å². The van der Waals surface area contributed by atoms with Crippen LogP contribution in [-0.2, 0) is 6.54 Å². The Morgan fingerprint density at radius 2 is 2.26 bits per heavy atom. The minimum absolute atomic E-state index is 0.209. The monoisotopic (exact) mass is 359 g/mol. The van der Waals surface area contributed by atoms with Gasteiger partial charge in [-0.25, -0.2) is 0 Å². The number of halogens is 2. The lowest BCUT2D eigenvalue weighted by atomic mass is 10.2. The Kier molecular flexibility index (Phi) is 4.85. The maximum atomic E-state index is 12.1. The molecule has 2 aromatic rings. The van der Waals surface area contributed by atoms with Gasteiger partial charge in [-0.1, -0.05) is 11.6 Å². The molecule has 0 bridgehead atoms. The van der Waals surface area contributed by atoms with Gasteiger partial charge >= 0.3 is 0 Å². The molecule has 1 amide bonds. The maximum absolute atomic E-state index is 12.1. The largest absolute Gasteiger partial charge is 0.496 e. The van der Waals surface area contributed by atoms with E-state index in [0.717, 1.165) is 9.35 Å². The van der Waals surface area contributed by atoms with E-state index in [1.165, 1.54) is 7.11 Å². The van der Waals surface area contributed by atoms with Gasteiger partial charge in [-0.15, -0.1) is 11.3 Å². The molecule has 0 fully saturated rings. The number of hydrogen-bond acceptors (Lipinski definition) is 3.